The Bertz CT molecular complexity index is 416. The Labute approximate surface area is 110 Å². The fraction of sp³-hybridized carbons (Fsp3) is 0.727. The molecule has 100 valence electrons. The fourth-order valence-corrected chi connectivity index (χ4v) is 2.73. The van der Waals surface area contributed by atoms with Gasteiger partial charge in [0, 0.05) is 13.2 Å². The van der Waals surface area contributed by atoms with Crippen molar-refractivity contribution in [1.82, 2.24) is 14.8 Å². The number of hydrogen-bond donors (Lipinski definition) is 1. The Morgan fingerprint density at radius 2 is 2.44 bits per heavy atom. The smallest absolute Gasteiger partial charge is 0.313 e. The maximum Gasteiger partial charge on any atom is 0.313 e. The van der Waals surface area contributed by atoms with E-state index in [9.17, 15) is 4.79 Å². The molecule has 1 aromatic rings. The molecule has 6 nitrogen and oxygen atoms in total. The second-order valence-electron chi connectivity index (χ2n) is 4.29. The third-order valence-electron chi connectivity index (χ3n) is 2.93. The monoisotopic (exact) mass is 271 g/mol. The highest BCUT2D eigenvalue weighted by Gasteiger charge is 2.17. The number of carbonyl (C=O) groups is 1. The van der Waals surface area contributed by atoms with Gasteiger partial charge in [-0.05, 0) is 26.2 Å². The summed E-state index contributed by atoms with van der Waals surface area (Å²) in [6, 6.07) is 0. The van der Waals surface area contributed by atoms with Crippen LogP contribution >= 0.6 is 11.8 Å². The van der Waals surface area contributed by atoms with Gasteiger partial charge in [-0.25, -0.2) is 0 Å². The van der Waals surface area contributed by atoms with Gasteiger partial charge in [0.15, 0.2) is 5.16 Å². The van der Waals surface area contributed by atoms with E-state index in [1.54, 1.807) is 0 Å². The molecule has 2 rings (SSSR count). The van der Waals surface area contributed by atoms with Crippen molar-refractivity contribution in [3.8, 4) is 0 Å². The number of hydrogen-bond acceptors (Lipinski definition) is 5. The molecule has 0 amide bonds. The predicted octanol–water partition coefficient (Wildman–Crippen LogP) is 1.33. The average molecular weight is 271 g/mol. The largest absolute Gasteiger partial charge is 0.481 e. The minimum absolute atomic E-state index is 0.0120. The first-order valence-electron chi connectivity index (χ1n) is 6.03. The van der Waals surface area contributed by atoms with E-state index in [2.05, 4.69) is 10.2 Å². The lowest BCUT2D eigenvalue weighted by Crippen LogP contribution is -2.12. The number of rotatable bonds is 6. The molecule has 1 unspecified atom stereocenters. The van der Waals surface area contributed by atoms with Gasteiger partial charge in [-0.2, -0.15) is 0 Å². The lowest BCUT2D eigenvalue weighted by atomic mass is 10.2. The van der Waals surface area contributed by atoms with Gasteiger partial charge in [-0.15, -0.1) is 10.2 Å². The maximum absolute atomic E-state index is 10.6. The summed E-state index contributed by atoms with van der Waals surface area (Å²) in [5, 5.41) is 17.4. The summed E-state index contributed by atoms with van der Waals surface area (Å²) in [4.78, 5) is 10.6. The van der Waals surface area contributed by atoms with Crippen molar-refractivity contribution in [3.05, 3.63) is 5.82 Å². The maximum atomic E-state index is 10.6. The van der Waals surface area contributed by atoms with Crippen LogP contribution in [0.1, 0.15) is 25.1 Å². The van der Waals surface area contributed by atoms with Gasteiger partial charge in [0.1, 0.15) is 5.82 Å². The zero-order valence-corrected chi connectivity index (χ0v) is 11.2. The third kappa shape index (κ3) is 3.46. The van der Waals surface area contributed by atoms with Crippen LogP contribution in [0.4, 0.5) is 0 Å². The molecule has 0 saturated carbocycles. The first kappa shape index (κ1) is 13.4. The number of nitrogens with zero attached hydrogens (tertiary/aromatic N) is 3. The SMILES string of the molecule is Cc1nnc(SCC(=O)O)n1CCC1CCCO1. The normalized spacial score (nSPS) is 19.3. The molecule has 0 aliphatic carbocycles. The Hall–Kier alpha value is -1.08. The second-order valence-corrected chi connectivity index (χ2v) is 5.23. The summed E-state index contributed by atoms with van der Waals surface area (Å²) in [6.07, 6.45) is 3.49. The van der Waals surface area contributed by atoms with Crippen molar-refractivity contribution in [2.45, 2.75) is 44.0 Å². The molecule has 1 aliphatic heterocycles. The Kier molecular flexibility index (Phi) is 4.60. The summed E-state index contributed by atoms with van der Waals surface area (Å²) >= 11 is 1.21. The molecule has 1 N–H and O–H groups in total. The van der Waals surface area contributed by atoms with Crippen molar-refractivity contribution in [2.75, 3.05) is 12.4 Å². The lowest BCUT2D eigenvalue weighted by molar-refractivity contribution is -0.133. The minimum atomic E-state index is -0.841. The van der Waals surface area contributed by atoms with Crippen molar-refractivity contribution in [1.29, 1.82) is 0 Å². The molecule has 2 heterocycles. The third-order valence-corrected chi connectivity index (χ3v) is 3.88. The average Bonchev–Trinajstić information content (AvgIpc) is 2.94. The quantitative estimate of drug-likeness (QED) is 0.787. The Morgan fingerprint density at radius 3 is 3.11 bits per heavy atom. The van der Waals surface area contributed by atoms with Crippen LogP contribution in [-0.2, 0) is 16.1 Å². The first-order chi connectivity index (χ1) is 8.66. The van der Waals surface area contributed by atoms with Crippen molar-refractivity contribution >= 4 is 17.7 Å². The second kappa shape index (κ2) is 6.19. The van der Waals surface area contributed by atoms with E-state index in [1.165, 1.54) is 11.8 Å². The van der Waals surface area contributed by atoms with Crippen LogP contribution in [0.25, 0.3) is 0 Å². The van der Waals surface area contributed by atoms with E-state index in [-0.39, 0.29) is 5.75 Å². The number of carboxylic acid groups (broad SMARTS) is 1. The summed E-state index contributed by atoms with van der Waals surface area (Å²) in [5.41, 5.74) is 0. The number of thioether (sulfide) groups is 1. The molecule has 0 radical (unpaired) electrons. The van der Waals surface area contributed by atoms with Gasteiger partial charge in [0.25, 0.3) is 0 Å². The van der Waals surface area contributed by atoms with Crippen LogP contribution < -0.4 is 0 Å². The van der Waals surface area contributed by atoms with Gasteiger partial charge >= 0.3 is 5.97 Å². The van der Waals surface area contributed by atoms with E-state index in [0.717, 1.165) is 38.2 Å². The van der Waals surface area contributed by atoms with Gasteiger partial charge in [-0.1, -0.05) is 11.8 Å². The summed E-state index contributed by atoms with van der Waals surface area (Å²) in [7, 11) is 0. The molecule has 0 aromatic carbocycles. The lowest BCUT2D eigenvalue weighted by Gasteiger charge is -2.11. The number of aryl methyl sites for hydroxylation is 1. The first-order valence-corrected chi connectivity index (χ1v) is 7.01. The van der Waals surface area contributed by atoms with Crippen LogP contribution in [0.15, 0.2) is 5.16 Å². The molecule has 1 aromatic heterocycles. The topological polar surface area (TPSA) is 77.2 Å². The number of carboxylic acids is 1. The summed E-state index contributed by atoms with van der Waals surface area (Å²) < 4.78 is 7.54. The van der Waals surface area contributed by atoms with Crippen LogP contribution in [0.2, 0.25) is 0 Å². The van der Waals surface area contributed by atoms with Gasteiger partial charge in [0.05, 0.1) is 11.9 Å². The highest BCUT2D eigenvalue weighted by atomic mass is 32.2. The molecule has 7 heteroatoms. The Balaban J connectivity index is 1.92. The van der Waals surface area contributed by atoms with Crippen LogP contribution in [0.3, 0.4) is 0 Å². The number of aliphatic carboxylic acids is 1. The van der Waals surface area contributed by atoms with Crippen molar-refractivity contribution in [2.24, 2.45) is 0 Å². The molecular formula is C11H17N3O3S. The molecule has 1 fully saturated rings. The molecular weight excluding hydrogens is 254 g/mol. The highest BCUT2D eigenvalue weighted by Crippen LogP contribution is 2.20. The number of aromatic nitrogens is 3. The van der Waals surface area contributed by atoms with E-state index in [0.29, 0.717) is 11.3 Å². The van der Waals surface area contributed by atoms with Crippen LogP contribution in [-0.4, -0.2) is 44.3 Å². The van der Waals surface area contributed by atoms with Crippen molar-refractivity contribution < 1.29 is 14.6 Å². The molecule has 1 aliphatic rings. The van der Waals surface area contributed by atoms with Crippen LogP contribution in [0, 0.1) is 6.92 Å². The van der Waals surface area contributed by atoms with Crippen molar-refractivity contribution in [3.63, 3.8) is 0 Å². The fourth-order valence-electron chi connectivity index (χ4n) is 2.00. The molecule has 18 heavy (non-hydrogen) atoms. The highest BCUT2D eigenvalue weighted by molar-refractivity contribution is 7.99. The van der Waals surface area contributed by atoms with E-state index < -0.39 is 5.97 Å². The Morgan fingerprint density at radius 1 is 1.61 bits per heavy atom. The van der Waals surface area contributed by atoms with Gasteiger partial charge in [0.2, 0.25) is 0 Å². The molecule has 0 spiro atoms. The zero-order chi connectivity index (χ0) is 13.0. The van der Waals surface area contributed by atoms with Gasteiger partial charge < -0.3 is 14.4 Å². The van der Waals surface area contributed by atoms with Gasteiger partial charge in [-0.3, -0.25) is 4.79 Å². The summed E-state index contributed by atoms with van der Waals surface area (Å²) in [5.74, 6) is -0.00913. The standard InChI is InChI=1S/C11H17N3O3S/c1-8-12-13-11(18-7-10(15)16)14(8)5-4-9-3-2-6-17-9/h9H,2-7H2,1H3,(H,15,16). The molecule has 0 bridgehead atoms. The number of ether oxygens (including phenoxy) is 1. The molecule has 1 atom stereocenters. The predicted molar refractivity (Wildman–Crippen MR) is 66.7 cm³/mol. The van der Waals surface area contributed by atoms with Crippen LogP contribution in [0.5, 0.6) is 0 Å². The minimum Gasteiger partial charge on any atom is -0.481 e. The summed E-state index contributed by atoms with van der Waals surface area (Å²) in [6.45, 7) is 3.52. The zero-order valence-electron chi connectivity index (χ0n) is 10.3. The van der Waals surface area contributed by atoms with E-state index in [1.807, 2.05) is 11.5 Å². The van der Waals surface area contributed by atoms with E-state index >= 15 is 0 Å². The van der Waals surface area contributed by atoms with E-state index in [4.69, 9.17) is 9.84 Å². The molecule has 1 saturated heterocycles.